The number of esters is 1. The SMILES string of the molecule is COC(=O)c1ccc(C[C@H](C(=O)O)c2ccc(C(C)(C)C)cc2)cc1. The minimum Gasteiger partial charge on any atom is -0.481 e. The third-order valence-electron chi connectivity index (χ3n) is 4.29. The first kappa shape index (κ1) is 18.7. The van der Waals surface area contributed by atoms with Crippen LogP contribution in [0.3, 0.4) is 0 Å². The highest BCUT2D eigenvalue weighted by atomic mass is 16.5. The topological polar surface area (TPSA) is 63.6 Å². The number of carboxylic acids is 1. The van der Waals surface area contributed by atoms with Crippen LogP contribution < -0.4 is 0 Å². The van der Waals surface area contributed by atoms with Crippen LogP contribution >= 0.6 is 0 Å². The van der Waals surface area contributed by atoms with E-state index in [-0.39, 0.29) is 5.41 Å². The first-order valence-corrected chi connectivity index (χ1v) is 8.23. The molecule has 0 saturated heterocycles. The lowest BCUT2D eigenvalue weighted by molar-refractivity contribution is -0.138. The number of ether oxygens (including phenoxy) is 1. The molecule has 2 aromatic carbocycles. The van der Waals surface area contributed by atoms with Gasteiger partial charge in [0, 0.05) is 0 Å². The second kappa shape index (κ2) is 7.51. The number of benzene rings is 2. The Morgan fingerprint density at radius 2 is 1.56 bits per heavy atom. The van der Waals surface area contributed by atoms with E-state index in [9.17, 15) is 14.7 Å². The minimum atomic E-state index is -0.861. The van der Waals surface area contributed by atoms with E-state index in [0.29, 0.717) is 12.0 Å². The van der Waals surface area contributed by atoms with Crippen LogP contribution in [0, 0.1) is 0 Å². The van der Waals surface area contributed by atoms with Gasteiger partial charge in [-0.3, -0.25) is 4.79 Å². The van der Waals surface area contributed by atoms with Crippen molar-refractivity contribution in [2.45, 2.75) is 38.5 Å². The summed E-state index contributed by atoms with van der Waals surface area (Å²) in [5.74, 6) is -1.89. The molecule has 0 saturated carbocycles. The van der Waals surface area contributed by atoms with Crippen LogP contribution in [-0.2, 0) is 21.4 Å². The van der Waals surface area contributed by atoms with E-state index in [2.05, 4.69) is 25.5 Å². The van der Waals surface area contributed by atoms with Gasteiger partial charge >= 0.3 is 11.9 Å². The number of hydrogen-bond donors (Lipinski definition) is 1. The van der Waals surface area contributed by atoms with E-state index in [1.165, 1.54) is 12.7 Å². The first-order valence-electron chi connectivity index (χ1n) is 8.23. The van der Waals surface area contributed by atoms with E-state index >= 15 is 0 Å². The molecule has 0 aliphatic rings. The first-order chi connectivity index (χ1) is 11.7. The van der Waals surface area contributed by atoms with Crippen LogP contribution in [0.2, 0.25) is 0 Å². The van der Waals surface area contributed by atoms with Crippen LogP contribution in [0.25, 0.3) is 0 Å². The summed E-state index contributed by atoms with van der Waals surface area (Å²) in [6.45, 7) is 6.37. The van der Waals surface area contributed by atoms with E-state index in [1.807, 2.05) is 24.3 Å². The summed E-state index contributed by atoms with van der Waals surface area (Å²) in [6.07, 6.45) is 0.367. The minimum absolute atomic E-state index is 0.0287. The van der Waals surface area contributed by atoms with Gasteiger partial charge in [-0.15, -0.1) is 0 Å². The van der Waals surface area contributed by atoms with Gasteiger partial charge in [0.05, 0.1) is 18.6 Å². The van der Waals surface area contributed by atoms with Crippen molar-refractivity contribution in [3.05, 3.63) is 70.8 Å². The molecule has 4 heteroatoms. The fourth-order valence-corrected chi connectivity index (χ4v) is 2.69. The number of carbonyl (C=O) groups is 2. The van der Waals surface area contributed by atoms with Crippen LogP contribution in [0.4, 0.5) is 0 Å². The molecular weight excluding hydrogens is 316 g/mol. The zero-order valence-corrected chi connectivity index (χ0v) is 15.1. The molecule has 0 spiro atoms. The molecule has 25 heavy (non-hydrogen) atoms. The molecule has 0 unspecified atom stereocenters. The monoisotopic (exact) mass is 340 g/mol. The summed E-state index contributed by atoms with van der Waals surface area (Å²) in [6, 6.07) is 14.6. The zero-order chi connectivity index (χ0) is 18.6. The van der Waals surface area contributed by atoms with Crippen LogP contribution in [-0.4, -0.2) is 24.2 Å². The standard InChI is InChI=1S/C21H24O4/c1-21(2,3)17-11-9-15(10-12-17)18(19(22)23)13-14-5-7-16(8-6-14)20(24)25-4/h5-12,18H,13H2,1-4H3,(H,22,23)/t18-/m0/s1. The molecule has 4 nitrogen and oxygen atoms in total. The Morgan fingerprint density at radius 3 is 2.00 bits per heavy atom. The molecule has 0 heterocycles. The molecule has 2 aromatic rings. The van der Waals surface area contributed by atoms with Gasteiger partial charge in [-0.25, -0.2) is 4.79 Å². The van der Waals surface area contributed by atoms with E-state index in [4.69, 9.17) is 0 Å². The molecule has 0 aliphatic carbocycles. The molecule has 0 bridgehead atoms. The predicted molar refractivity (Wildman–Crippen MR) is 97.0 cm³/mol. The number of rotatable bonds is 5. The second-order valence-electron chi connectivity index (χ2n) is 7.16. The molecule has 0 fully saturated rings. The van der Waals surface area contributed by atoms with Gasteiger partial charge in [-0.2, -0.15) is 0 Å². The molecule has 1 atom stereocenters. The molecule has 2 rings (SSSR count). The van der Waals surface area contributed by atoms with Crippen molar-refractivity contribution >= 4 is 11.9 Å². The maximum atomic E-state index is 11.7. The quantitative estimate of drug-likeness (QED) is 0.829. The van der Waals surface area contributed by atoms with E-state index < -0.39 is 17.9 Å². The highest BCUT2D eigenvalue weighted by molar-refractivity contribution is 5.89. The maximum Gasteiger partial charge on any atom is 0.337 e. The number of carboxylic acid groups (broad SMARTS) is 1. The average Bonchev–Trinajstić information content (AvgIpc) is 2.58. The highest BCUT2D eigenvalue weighted by Gasteiger charge is 2.22. The predicted octanol–water partition coefficient (Wildman–Crippen LogP) is 4.18. The Labute approximate surface area is 148 Å². The number of hydrogen-bond acceptors (Lipinski definition) is 3. The molecule has 132 valence electrons. The molecular formula is C21H24O4. The Bertz CT molecular complexity index is 737. The van der Waals surface area contributed by atoms with Crippen molar-refractivity contribution in [1.82, 2.24) is 0 Å². The van der Waals surface area contributed by atoms with Gasteiger partial charge in [-0.05, 0) is 40.7 Å². The van der Waals surface area contributed by atoms with E-state index in [0.717, 1.165) is 11.1 Å². The molecule has 0 amide bonds. The van der Waals surface area contributed by atoms with Gasteiger partial charge in [-0.1, -0.05) is 57.2 Å². The summed E-state index contributed by atoms with van der Waals surface area (Å²) in [4.78, 5) is 23.2. The van der Waals surface area contributed by atoms with Crippen molar-refractivity contribution in [3.8, 4) is 0 Å². The van der Waals surface area contributed by atoms with Crippen LogP contribution in [0.5, 0.6) is 0 Å². The fraction of sp³-hybridized carbons (Fsp3) is 0.333. The highest BCUT2D eigenvalue weighted by Crippen LogP contribution is 2.26. The van der Waals surface area contributed by atoms with Gasteiger partial charge in [0.1, 0.15) is 0 Å². The molecule has 0 aromatic heterocycles. The van der Waals surface area contributed by atoms with Crippen LogP contribution in [0.1, 0.15) is 53.7 Å². The van der Waals surface area contributed by atoms with Crippen molar-refractivity contribution in [2.24, 2.45) is 0 Å². The third kappa shape index (κ3) is 4.69. The average molecular weight is 340 g/mol. The molecule has 0 aliphatic heterocycles. The smallest absolute Gasteiger partial charge is 0.337 e. The van der Waals surface area contributed by atoms with E-state index in [1.54, 1.807) is 24.3 Å². The maximum absolute atomic E-state index is 11.7. The number of carbonyl (C=O) groups excluding carboxylic acids is 1. The van der Waals surface area contributed by atoms with Crippen molar-refractivity contribution in [2.75, 3.05) is 7.11 Å². The summed E-state index contributed by atoms with van der Waals surface area (Å²) >= 11 is 0. The van der Waals surface area contributed by atoms with Crippen molar-refractivity contribution < 1.29 is 19.4 Å². The molecule has 0 radical (unpaired) electrons. The Morgan fingerprint density at radius 1 is 1.00 bits per heavy atom. The zero-order valence-electron chi connectivity index (χ0n) is 15.1. The summed E-state index contributed by atoms with van der Waals surface area (Å²) in [5, 5.41) is 9.62. The summed E-state index contributed by atoms with van der Waals surface area (Å²) in [5.41, 5.74) is 3.29. The van der Waals surface area contributed by atoms with Gasteiger partial charge < -0.3 is 9.84 Å². The lowest BCUT2D eigenvalue weighted by Crippen LogP contribution is -2.16. The van der Waals surface area contributed by atoms with Crippen molar-refractivity contribution in [3.63, 3.8) is 0 Å². The van der Waals surface area contributed by atoms with Gasteiger partial charge in [0.25, 0.3) is 0 Å². The fourth-order valence-electron chi connectivity index (χ4n) is 2.69. The van der Waals surface area contributed by atoms with Crippen LogP contribution in [0.15, 0.2) is 48.5 Å². The Balaban J connectivity index is 2.21. The lowest BCUT2D eigenvalue weighted by atomic mass is 9.84. The summed E-state index contributed by atoms with van der Waals surface area (Å²) < 4.78 is 4.67. The Kier molecular flexibility index (Phi) is 5.62. The number of methoxy groups -OCH3 is 1. The number of aliphatic carboxylic acids is 1. The largest absolute Gasteiger partial charge is 0.481 e. The second-order valence-corrected chi connectivity index (χ2v) is 7.16. The van der Waals surface area contributed by atoms with Gasteiger partial charge in [0.15, 0.2) is 0 Å². The lowest BCUT2D eigenvalue weighted by Gasteiger charge is -2.20. The van der Waals surface area contributed by atoms with Gasteiger partial charge in [0.2, 0.25) is 0 Å². The molecule has 1 N–H and O–H groups in total. The third-order valence-corrected chi connectivity index (χ3v) is 4.29. The summed E-state index contributed by atoms with van der Waals surface area (Å²) in [7, 11) is 1.33. The normalized spacial score (nSPS) is 12.5. The van der Waals surface area contributed by atoms with Crippen molar-refractivity contribution in [1.29, 1.82) is 0 Å². The Hall–Kier alpha value is -2.62.